The highest BCUT2D eigenvalue weighted by atomic mass is 15.2. The predicted octanol–water partition coefficient (Wildman–Crippen LogP) is 4.13. The van der Waals surface area contributed by atoms with Crippen molar-refractivity contribution in [1.29, 1.82) is 0 Å². The van der Waals surface area contributed by atoms with E-state index in [2.05, 4.69) is 48.0 Å². The van der Waals surface area contributed by atoms with Crippen molar-refractivity contribution < 1.29 is 0 Å². The molecule has 0 unspecified atom stereocenters. The van der Waals surface area contributed by atoms with Crippen LogP contribution < -0.4 is 0 Å². The smallest absolute Gasteiger partial charge is 0.0504 e. The Balaban J connectivity index is 1.76. The minimum atomic E-state index is 0.629. The zero-order valence-electron chi connectivity index (χ0n) is 12.5. The first kappa shape index (κ1) is 12.5. The Bertz CT molecular complexity index is 627. The molecule has 0 aliphatic carbocycles. The first-order valence-electron chi connectivity index (χ1n) is 8.11. The summed E-state index contributed by atoms with van der Waals surface area (Å²) in [5.41, 5.74) is 4.42. The van der Waals surface area contributed by atoms with Gasteiger partial charge in [-0.1, -0.05) is 38.5 Å². The molecule has 0 spiro atoms. The summed E-state index contributed by atoms with van der Waals surface area (Å²) in [4.78, 5) is 6.46. The summed E-state index contributed by atoms with van der Waals surface area (Å²) >= 11 is 0. The van der Waals surface area contributed by atoms with Crippen LogP contribution in [0.3, 0.4) is 0 Å². The molecule has 2 aromatic rings. The van der Waals surface area contributed by atoms with Crippen LogP contribution in [0.2, 0.25) is 0 Å². The average molecular weight is 268 g/mol. The molecule has 0 amide bonds. The van der Waals surface area contributed by atoms with Gasteiger partial charge in [0.15, 0.2) is 0 Å². The number of nitrogens with zero attached hydrogens (tertiary/aromatic N) is 1. The number of aromatic amines is 1. The van der Waals surface area contributed by atoms with Crippen LogP contribution >= 0.6 is 0 Å². The Morgan fingerprint density at radius 3 is 3.00 bits per heavy atom. The van der Waals surface area contributed by atoms with Gasteiger partial charge < -0.3 is 4.98 Å². The molecule has 106 valence electrons. The van der Waals surface area contributed by atoms with Gasteiger partial charge in [0.25, 0.3) is 0 Å². The van der Waals surface area contributed by atoms with Gasteiger partial charge in [-0.15, -0.1) is 0 Å². The Morgan fingerprint density at radius 1 is 1.30 bits per heavy atom. The zero-order chi connectivity index (χ0) is 13.7. The summed E-state index contributed by atoms with van der Waals surface area (Å²) in [5, 5.41) is 1.45. The van der Waals surface area contributed by atoms with E-state index in [0.29, 0.717) is 6.04 Å². The molecule has 1 saturated heterocycles. The molecule has 1 aromatic heterocycles. The lowest BCUT2D eigenvalue weighted by molar-refractivity contribution is 0.0576. The molecule has 3 heterocycles. The molecule has 0 radical (unpaired) electrons. The van der Waals surface area contributed by atoms with Crippen molar-refractivity contribution in [2.45, 2.75) is 39.2 Å². The van der Waals surface area contributed by atoms with Crippen molar-refractivity contribution in [2.75, 3.05) is 13.1 Å². The number of fused-ring (bicyclic) bond motifs is 5. The fourth-order valence-electron chi connectivity index (χ4n) is 4.41. The Hall–Kier alpha value is -1.28. The van der Waals surface area contributed by atoms with Gasteiger partial charge in [0.2, 0.25) is 0 Å². The number of nitrogens with one attached hydrogen (secondary N) is 1. The first-order valence-corrected chi connectivity index (χ1v) is 8.11. The Kier molecular flexibility index (Phi) is 2.88. The van der Waals surface area contributed by atoms with E-state index in [1.165, 1.54) is 48.9 Å². The van der Waals surface area contributed by atoms with E-state index in [-0.39, 0.29) is 0 Å². The standard InChI is InChI=1S/C18H24N2/c1-3-13-11-20-9-8-15-14-6-4-5-7-16(14)19-18(15)17(20)10-12(13)2/h4-7,12-13,17,19H,3,8-11H2,1-2H3/t12-,13-,17-/m0/s1. The van der Waals surface area contributed by atoms with E-state index in [0.717, 1.165) is 11.8 Å². The summed E-state index contributed by atoms with van der Waals surface area (Å²) < 4.78 is 0. The molecule has 4 rings (SSSR count). The number of piperidine rings is 1. The van der Waals surface area contributed by atoms with Crippen LogP contribution in [-0.4, -0.2) is 23.0 Å². The number of benzene rings is 1. The number of rotatable bonds is 1. The van der Waals surface area contributed by atoms with E-state index in [9.17, 15) is 0 Å². The van der Waals surface area contributed by atoms with Gasteiger partial charge in [-0.3, -0.25) is 4.90 Å². The van der Waals surface area contributed by atoms with Gasteiger partial charge in [0, 0.05) is 29.7 Å². The van der Waals surface area contributed by atoms with Gasteiger partial charge in [-0.25, -0.2) is 0 Å². The lowest BCUT2D eigenvalue weighted by atomic mass is 9.78. The second-order valence-electron chi connectivity index (χ2n) is 6.70. The quantitative estimate of drug-likeness (QED) is 0.824. The summed E-state index contributed by atoms with van der Waals surface area (Å²) in [5.74, 6) is 1.73. The highest BCUT2D eigenvalue weighted by molar-refractivity contribution is 5.85. The van der Waals surface area contributed by atoms with E-state index in [1.807, 2.05) is 0 Å². The third-order valence-electron chi connectivity index (χ3n) is 5.66. The summed E-state index contributed by atoms with van der Waals surface area (Å²) in [7, 11) is 0. The van der Waals surface area contributed by atoms with Gasteiger partial charge in [-0.2, -0.15) is 0 Å². The maximum absolute atomic E-state index is 3.73. The van der Waals surface area contributed by atoms with Crippen molar-refractivity contribution in [3.63, 3.8) is 0 Å². The van der Waals surface area contributed by atoms with Crippen LogP contribution in [0, 0.1) is 11.8 Å². The number of hydrogen-bond acceptors (Lipinski definition) is 1. The lowest BCUT2D eigenvalue weighted by Crippen LogP contribution is -2.45. The molecule has 0 bridgehead atoms. The normalized spacial score (nSPS) is 30.2. The van der Waals surface area contributed by atoms with Crippen molar-refractivity contribution in [3.8, 4) is 0 Å². The van der Waals surface area contributed by atoms with Crippen LogP contribution in [0.4, 0.5) is 0 Å². The van der Waals surface area contributed by atoms with Crippen LogP contribution in [0.15, 0.2) is 24.3 Å². The minimum Gasteiger partial charge on any atom is -0.357 e. The van der Waals surface area contributed by atoms with Crippen molar-refractivity contribution >= 4 is 10.9 Å². The highest BCUT2D eigenvalue weighted by Gasteiger charge is 2.37. The third-order valence-corrected chi connectivity index (χ3v) is 5.66. The second kappa shape index (κ2) is 4.63. The van der Waals surface area contributed by atoms with Gasteiger partial charge >= 0.3 is 0 Å². The average Bonchev–Trinajstić information content (AvgIpc) is 2.85. The monoisotopic (exact) mass is 268 g/mol. The third kappa shape index (κ3) is 1.74. The molecule has 2 heteroatoms. The van der Waals surface area contributed by atoms with Crippen LogP contribution in [0.25, 0.3) is 10.9 Å². The van der Waals surface area contributed by atoms with Crippen molar-refractivity contribution in [3.05, 3.63) is 35.5 Å². The predicted molar refractivity (Wildman–Crippen MR) is 83.9 cm³/mol. The van der Waals surface area contributed by atoms with Gasteiger partial charge in [0.05, 0.1) is 6.04 Å². The minimum absolute atomic E-state index is 0.629. The summed E-state index contributed by atoms with van der Waals surface area (Å²) in [6, 6.07) is 9.43. The molecule has 20 heavy (non-hydrogen) atoms. The molecule has 2 aliphatic heterocycles. The molecule has 3 atom stereocenters. The fraction of sp³-hybridized carbons (Fsp3) is 0.556. The summed E-state index contributed by atoms with van der Waals surface area (Å²) in [6.07, 6.45) is 3.85. The number of aromatic nitrogens is 1. The Labute approximate surface area is 121 Å². The van der Waals surface area contributed by atoms with E-state index in [4.69, 9.17) is 0 Å². The SMILES string of the molecule is CC[C@H]1CN2CCc3c([nH]c4ccccc34)[C@@H]2C[C@@H]1C. The van der Waals surface area contributed by atoms with Gasteiger partial charge in [0.1, 0.15) is 0 Å². The molecular formula is C18H24N2. The highest BCUT2D eigenvalue weighted by Crippen LogP contribution is 2.43. The second-order valence-corrected chi connectivity index (χ2v) is 6.70. The number of hydrogen-bond donors (Lipinski definition) is 1. The molecule has 2 aliphatic rings. The number of para-hydroxylation sites is 1. The van der Waals surface area contributed by atoms with Crippen molar-refractivity contribution in [2.24, 2.45) is 11.8 Å². The molecule has 0 saturated carbocycles. The first-order chi connectivity index (χ1) is 9.78. The number of H-pyrrole nitrogens is 1. The van der Waals surface area contributed by atoms with Crippen LogP contribution in [0.5, 0.6) is 0 Å². The molecule has 1 fully saturated rings. The van der Waals surface area contributed by atoms with E-state index in [1.54, 1.807) is 5.56 Å². The Morgan fingerprint density at radius 2 is 2.15 bits per heavy atom. The fourth-order valence-corrected chi connectivity index (χ4v) is 4.41. The molecule has 1 aromatic carbocycles. The van der Waals surface area contributed by atoms with E-state index >= 15 is 0 Å². The molecule has 2 nitrogen and oxygen atoms in total. The summed E-state index contributed by atoms with van der Waals surface area (Å²) in [6.45, 7) is 7.32. The maximum Gasteiger partial charge on any atom is 0.0504 e. The van der Waals surface area contributed by atoms with Gasteiger partial charge in [-0.05, 0) is 36.3 Å². The molecule has 1 N–H and O–H groups in total. The molecular weight excluding hydrogens is 244 g/mol. The lowest BCUT2D eigenvalue weighted by Gasteiger charge is -2.45. The topological polar surface area (TPSA) is 19.0 Å². The zero-order valence-corrected chi connectivity index (χ0v) is 12.5. The maximum atomic E-state index is 3.73. The van der Waals surface area contributed by atoms with Crippen LogP contribution in [0.1, 0.15) is 44.0 Å². The van der Waals surface area contributed by atoms with E-state index < -0.39 is 0 Å². The largest absolute Gasteiger partial charge is 0.357 e. The van der Waals surface area contributed by atoms with Crippen LogP contribution in [-0.2, 0) is 6.42 Å². The van der Waals surface area contributed by atoms with Crippen molar-refractivity contribution in [1.82, 2.24) is 9.88 Å².